The van der Waals surface area contributed by atoms with Crippen LogP contribution in [0.25, 0.3) is 16.6 Å². The zero-order valence-electron chi connectivity index (χ0n) is 17.2. The molecule has 154 valence electrons. The normalized spacial score (nSPS) is 15.8. The first-order valence-electron chi connectivity index (χ1n) is 9.83. The van der Waals surface area contributed by atoms with Crippen LogP contribution in [0.15, 0.2) is 29.1 Å². The summed E-state index contributed by atoms with van der Waals surface area (Å²) >= 11 is 0. The van der Waals surface area contributed by atoms with E-state index >= 15 is 0 Å². The average Bonchev–Trinajstić information content (AvgIpc) is 3.04. The van der Waals surface area contributed by atoms with Crippen LogP contribution >= 0.6 is 0 Å². The lowest BCUT2D eigenvalue weighted by atomic mass is 9.93. The second kappa shape index (κ2) is 7.09. The molecule has 1 amide bonds. The summed E-state index contributed by atoms with van der Waals surface area (Å²) in [5.41, 5.74) is 1.56. The van der Waals surface area contributed by atoms with Gasteiger partial charge in [0, 0.05) is 25.1 Å². The number of hydrogen-bond donors (Lipinski definition) is 1. The maximum Gasteiger partial charge on any atom is 0.410 e. The third-order valence-electron chi connectivity index (χ3n) is 5.21. The molecule has 1 aliphatic rings. The molecule has 0 aliphatic carbocycles. The number of fused-ring (bicyclic) bond motifs is 3. The molecule has 29 heavy (non-hydrogen) atoms. The lowest BCUT2D eigenvalue weighted by Gasteiger charge is -2.33. The smallest absolute Gasteiger partial charge is 0.410 e. The Morgan fingerprint density at radius 2 is 1.97 bits per heavy atom. The molecule has 0 radical (unpaired) electrons. The van der Waals surface area contributed by atoms with Gasteiger partial charge in [0.25, 0.3) is 5.56 Å². The number of aromatic nitrogens is 3. The molecule has 3 aromatic rings. The number of nitrogens with one attached hydrogen (secondary N) is 1. The highest BCUT2D eigenvalue weighted by Gasteiger charge is 2.29. The van der Waals surface area contributed by atoms with E-state index < -0.39 is 5.60 Å². The highest BCUT2D eigenvalue weighted by Crippen LogP contribution is 2.32. The Hall–Kier alpha value is -3.03. The van der Waals surface area contributed by atoms with Gasteiger partial charge in [0.1, 0.15) is 17.0 Å². The largest absolute Gasteiger partial charge is 0.496 e. The van der Waals surface area contributed by atoms with Gasteiger partial charge in [-0.05, 0) is 45.7 Å². The van der Waals surface area contributed by atoms with E-state index in [0.717, 1.165) is 29.4 Å². The number of H-pyrrole nitrogens is 1. The van der Waals surface area contributed by atoms with Crippen molar-refractivity contribution in [3.8, 4) is 5.75 Å². The van der Waals surface area contributed by atoms with E-state index in [2.05, 4.69) is 4.98 Å². The molecule has 1 N–H and O–H groups in total. The van der Waals surface area contributed by atoms with Crippen molar-refractivity contribution in [2.45, 2.75) is 45.1 Å². The Balaban J connectivity index is 1.66. The zero-order valence-corrected chi connectivity index (χ0v) is 17.2. The number of nitrogens with zero attached hydrogens (tertiary/aromatic N) is 3. The topological polar surface area (TPSA) is 88.9 Å². The molecule has 1 aromatic carbocycles. The lowest BCUT2D eigenvalue weighted by molar-refractivity contribution is 0.0203. The fraction of sp³-hybridized carbons (Fsp3) is 0.476. The molecule has 0 atom stereocenters. The van der Waals surface area contributed by atoms with Crippen molar-refractivity contribution in [3.05, 3.63) is 40.3 Å². The average molecular weight is 398 g/mol. The van der Waals surface area contributed by atoms with Gasteiger partial charge in [-0.15, -0.1) is 0 Å². The van der Waals surface area contributed by atoms with Crippen LogP contribution in [0.5, 0.6) is 5.75 Å². The summed E-state index contributed by atoms with van der Waals surface area (Å²) in [5, 5.41) is 5.50. The Kier molecular flexibility index (Phi) is 4.72. The van der Waals surface area contributed by atoms with Crippen LogP contribution in [0.3, 0.4) is 0 Å². The molecule has 8 nitrogen and oxygen atoms in total. The molecule has 3 heterocycles. The van der Waals surface area contributed by atoms with Crippen molar-refractivity contribution >= 4 is 22.6 Å². The van der Waals surface area contributed by atoms with E-state index in [1.54, 1.807) is 18.1 Å². The van der Waals surface area contributed by atoms with Gasteiger partial charge >= 0.3 is 6.09 Å². The summed E-state index contributed by atoms with van der Waals surface area (Å²) in [5.74, 6) is 0.795. The van der Waals surface area contributed by atoms with Gasteiger partial charge in [0.2, 0.25) is 0 Å². The molecule has 0 unspecified atom stereocenters. The predicted octanol–water partition coefficient (Wildman–Crippen LogP) is 3.30. The molecule has 1 fully saturated rings. The number of amides is 1. The summed E-state index contributed by atoms with van der Waals surface area (Å²) in [6.45, 7) is 6.75. The monoisotopic (exact) mass is 398 g/mol. The number of piperidine rings is 1. The molecular formula is C21H26N4O4. The number of aromatic amines is 1. The van der Waals surface area contributed by atoms with Gasteiger partial charge in [0.05, 0.1) is 23.7 Å². The van der Waals surface area contributed by atoms with E-state index in [-0.39, 0.29) is 17.6 Å². The van der Waals surface area contributed by atoms with Gasteiger partial charge < -0.3 is 19.4 Å². The van der Waals surface area contributed by atoms with Crippen molar-refractivity contribution in [1.29, 1.82) is 0 Å². The van der Waals surface area contributed by atoms with Crippen LogP contribution < -0.4 is 10.3 Å². The minimum absolute atomic E-state index is 0.124. The molecule has 1 saturated heterocycles. The van der Waals surface area contributed by atoms with Crippen molar-refractivity contribution < 1.29 is 14.3 Å². The van der Waals surface area contributed by atoms with Crippen molar-refractivity contribution in [2.24, 2.45) is 0 Å². The van der Waals surface area contributed by atoms with Gasteiger partial charge in [-0.3, -0.25) is 4.79 Å². The molecule has 1 aliphatic heterocycles. The number of rotatable bonds is 2. The van der Waals surface area contributed by atoms with Crippen LogP contribution in [-0.2, 0) is 4.74 Å². The molecule has 4 rings (SSSR count). The molecule has 2 aromatic heterocycles. The number of carbonyl (C=O) groups excluding carboxylic acids is 1. The van der Waals surface area contributed by atoms with Gasteiger partial charge in [-0.1, -0.05) is 6.07 Å². The summed E-state index contributed by atoms with van der Waals surface area (Å²) in [6, 6.07) is 7.25. The highest BCUT2D eigenvalue weighted by atomic mass is 16.6. The molecule has 8 heteroatoms. The highest BCUT2D eigenvalue weighted by molar-refractivity contribution is 5.97. The van der Waals surface area contributed by atoms with Crippen molar-refractivity contribution in [3.63, 3.8) is 0 Å². The summed E-state index contributed by atoms with van der Waals surface area (Å²) in [4.78, 5) is 29.4. The second-order valence-electron chi connectivity index (χ2n) is 8.41. The Labute approximate surface area is 168 Å². The van der Waals surface area contributed by atoms with Crippen molar-refractivity contribution in [1.82, 2.24) is 19.5 Å². The third kappa shape index (κ3) is 3.66. The maximum atomic E-state index is 12.4. The maximum absolute atomic E-state index is 12.4. The number of methoxy groups -OCH3 is 1. The fourth-order valence-electron chi connectivity index (χ4n) is 3.90. The van der Waals surface area contributed by atoms with Crippen molar-refractivity contribution in [2.75, 3.05) is 20.2 Å². The van der Waals surface area contributed by atoms with E-state index in [1.807, 2.05) is 43.5 Å². The first-order valence-corrected chi connectivity index (χ1v) is 9.83. The standard InChI is InChI=1S/C21H26N4O4/c1-21(2,3)29-20(27)24-10-8-13(9-11-24)15-12-17(26)22-19-18-14(23-25(15)19)6-5-7-16(18)28-4/h5-7,12-13H,8-11H2,1-4H3,(H,22,26). The minimum Gasteiger partial charge on any atom is -0.496 e. The van der Waals surface area contributed by atoms with E-state index in [4.69, 9.17) is 14.6 Å². The van der Waals surface area contributed by atoms with Gasteiger partial charge in [-0.2, -0.15) is 5.10 Å². The van der Waals surface area contributed by atoms with E-state index in [1.165, 1.54) is 0 Å². The van der Waals surface area contributed by atoms with Crippen LogP contribution in [0.1, 0.15) is 45.2 Å². The Morgan fingerprint density at radius 1 is 1.24 bits per heavy atom. The Bertz CT molecular complexity index is 1120. The first kappa shape index (κ1) is 19.3. The molecule has 0 bridgehead atoms. The SMILES string of the molecule is COc1cccc2nn3c(C4CCN(C(=O)OC(C)(C)C)CC4)cc(=O)[nH]c3c12. The first-order chi connectivity index (χ1) is 13.8. The zero-order chi connectivity index (χ0) is 20.8. The van der Waals surface area contributed by atoms with Crippen LogP contribution in [0, 0.1) is 0 Å². The van der Waals surface area contributed by atoms with E-state index in [9.17, 15) is 9.59 Å². The van der Waals surface area contributed by atoms with Crippen LogP contribution in [-0.4, -0.2) is 51.4 Å². The molecule has 0 spiro atoms. The number of hydrogen-bond acceptors (Lipinski definition) is 5. The minimum atomic E-state index is -0.513. The molecule has 0 saturated carbocycles. The summed E-state index contributed by atoms with van der Waals surface area (Å²) in [6.07, 6.45) is 1.19. The summed E-state index contributed by atoms with van der Waals surface area (Å²) < 4.78 is 12.7. The lowest BCUT2D eigenvalue weighted by Crippen LogP contribution is -2.41. The second-order valence-corrected chi connectivity index (χ2v) is 8.41. The number of likely N-dealkylation sites (tertiary alicyclic amines) is 1. The van der Waals surface area contributed by atoms with Crippen LogP contribution in [0.4, 0.5) is 4.79 Å². The number of ether oxygens (including phenoxy) is 2. The molecular weight excluding hydrogens is 372 g/mol. The van der Waals surface area contributed by atoms with Gasteiger partial charge in [0.15, 0.2) is 0 Å². The summed E-state index contributed by atoms with van der Waals surface area (Å²) in [7, 11) is 1.60. The number of carbonyl (C=O) groups is 1. The Morgan fingerprint density at radius 3 is 2.62 bits per heavy atom. The van der Waals surface area contributed by atoms with Crippen LogP contribution in [0.2, 0.25) is 0 Å². The third-order valence-corrected chi connectivity index (χ3v) is 5.21. The van der Waals surface area contributed by atoms with E-state index in [0.29, 0.717) is 24.5 Å². The van der Waals surface area contributed by atoms with Gasteiger partial charge in [-0.25, -0.2) is 9.31 Å². The number of benzene rings is 1. The quantitative estimate of drug-likeness (QED) is 0.715. The predicted molar refractivity (Wildman–Crippen MR) is 110 cm³/mol. The fourth-order valence-corrected chi connectivity index (χ4v) is 3.90.